The van der Waals surface area contributed by atoms with Crippen LogP contribution in [0.2, 0.25) is 0 Å². The lowest BCUT2D eigenvalue weighted by Gasteiger charge is -2.29. The third-order valence-electron chi connectivity index (χ3n) is 4.03. The van der Waals surface area contributed by atoms with E-state index < -0.39 is 0 Å². The zero-order chi connectivity index (χ0) is 15.5. The van der Waals surface area contributed by atoms with Crippen molar-refractivity contribution in [2.45, 2.75) is 32.9 Å². The number of aryl methyl sites for hydroxylation is 2. The summed E-state index contributed by atoms with van der Waals surface area (Å²) in [4.78, 5) is 14.3. The summed E-state index contributed by atoms with van der Waals surface area (Å²) < 4.78 is 6.90. The quantitative estimate of drug-likeness (QED) is 0.841. The highest BCUT2D eigenvalue weighted by Crippen LogP contribution is 2.24. The Morgan fingerprint density at radius 1 is 1.36 bits per heavy atom. The summed E-state index contributed by atoms with van der Waals surface area (Å²) >= 11 is 0. The molecule has 3 rings (SSSR count). The van der Waals surface area contributed by atoms with E-state index >= 15 is 0 Å². The molecule has 0 atom stereocenters. The summed E-state index contributed by atoms with van der Waals surface area (Å²) in [7, 11) is 1.67. The van der Waals surface area contributed by atoms with E-state index in [4.69, 9.17) is 4.74 Å². The molecule has 1 aromatic heterocycles. The summed E-state index contributed by atoms with van der Waals surface area (Å²) in [5, 5.41) is 11.3. The fourth-order valence-corrected chi connectivity index (χ4v) is 2.68. The fraction of sp³-hybridized carbons (Fsp3) is 0.467. The largest absolute Gasteiger partial charge is 0.497 e. The molecule has 7 nitrogen and oxygen atoms in total. The van der Waals surface area contributed by atoms with Gasteiger partial charge in [-0.1, -0.05) is 6.07 Å². The van der Waals surface area contributed by atoms with Crippen LogP contribution in [0.25, 0.3) is 0 Å². The van der Waals surface area contributed by atoms with E-state index in [0.29, 0.717) is 19.5 Å². The lowest BCUT2D eigenvalue weighted by Crippen LogP contribution is -2.36. The van der Waals surface area contributed by atoms with Crippen LogP contribution in [0.4, 0.5) is 0 Å². The van der Waals surface area contributed by atoms with Crippen molar-refractivity contribution in [2.24, 2.45) is 0 Å². The van der Waals surface area contributed by atoms with Crippen LogP contribution in [0.3, 0.4) is 0 Å². The standard InChI is InChI=1S/C15H19N5O2/c1-11-16-17-18-20(11)8-6-15(21)19-7-5-12-9-14(22-2)4-3-13(12)10-19/h3-4,9H,5-8,10H2,1-2H3. The monoisotopic (exact) mass is 301 g/mol. The molecule has 0 N–H and O–H groups in total. The second-order valence-corrected chi connectivity index (χ2v) is 5.40. The Kier molecular flexibility index (Phi) is 4.04. The molecule has 0 spiro atoms. The predicted octanol–water partition coefficient (Wildman–Crippen LogP) is 0.965. The molecule has 1 amide bonds. The van der Waals surface area contributed by atoms with E-state index in [1.807, 2.05) is 24.0 Å². The average molecular weight is 301 g/mol. The van der Waals surface area contributed by atoms with Crippen molar-refractivity contribution in [1.29, 1.82) is 0 Å². The van der Waals surface area contributed by atoms with Gasteiger partial charge in [0.1, 0.15) is 11.6 Å². The van der Waals surface area contributed by atoms with Crippen molar-refractivity contribution in [3.8, 4) is 5.75 Å². The van der Waals surface area contributed by atoms with Gasteiger partial charge in [-0.2, -0.15) is 0 Å². The summed E-state index contributed by atoms with van der Waals surface area (Å²) in [6.45, 7) is 3.75. The van der Waals surface area contributed by atoms with Crippen LogP contribution in [0.1, 0.15) is 23.4 Å². The second kappa shape index (κ2) is 6.13. The molecule has 0 saturated carbocycles. The maximum absolute atomic E-state index is 12.4. The number of amides is 1. The molecule has 0 saturated heterocycles. The Morgan fingerprint density at radius 2 is 2.23 bits per heavy atom. The Balaban J connectivity index is 1.61. The van der Waals surface area contributed by atoms with Crippen molar-refractivity contribution in [2.75, 3.05) is 13.7 Å². The SMILES string of the molecule is COc1ccc2c(c1)CCN(C(=O)CCn1nnnc1C)C2. The third kappa shape index (κ3) is 2.93. The van der Waals surface area contributed by atoms with Crippen LogP contribution in [0.5, 0.6) is 5.75 Å². The number of aromatic nitrogens is 4. The smallest absolute Gasteiger partial charge is 0.224 e. The predicted molar refractivity (Wildman–Crippen MR) is 79.3 cm³/mol. The number of hydrogen-bond acceptors (Lipinski definition) is 5. The van der Waals surface area contributed by atoms with Gasteiger partial charge in [-0.15, -0.1) is 5.10 Å². The molecule has 0 bridgehead atoms. The minimum absolute atomic E-state index is 0.136. The lowest BCUT2D eigenvalue weighted by atomic mass is 9.99. The Morgan fingerprint density at radius 3 is 2.95 bits per heavy atom. The molecule has 0 fully saturated rings. The average Bonchev–Trinajstić information content (AvgIpc) is 2.96. The zero-order valence-electron chi connectivity index (χ0n) is 12.8. The molecule has 0 unspecified atom stereocenters. The number of methoxy groups -OCH3 is 1. The van der Waals surface area contributed by atoms with Crippen LogP contribution in [0, 0.1) is 6.92 Å². The molecular weight excluding hydrogens is 282 g/mol. The molecule has 0 radical (unpaired) electrons. The molecule has 1 aromatic carbocycles. The highest BCUT2D eigenvalue weighted by Gasteiger charge is 2.21. The highest BCUT2D eigenvalue weighted by atomic mass is 16.5. The van der Waals surface area contributed by atoms with Crippen LogP contribution in [0.15, 0.2) is 18.2 Å². The topological polar surface area (TPSA) is 73.1 Å². The van der Waals surface area contributed by atoms with Gasteiger partial charge in [0.15, 0.2) is 0 Å². The van der Waals surface area contributed by atoms with E-state index in [9.17, 15) is 4.79 Å². The Bertz CT molecular complexity index is 682. The Hall–Kier alpha value is -2.44. The van der Waals surface area contributed by atoms with E-state index in [0.717, 1.165) is 24.5 Å². The number of fused-ring (bicyclic) bond motifs is 1. The first-order chi connectivity index (χ1) is 10.7. The van der Waals surface area contributed by atoms with Crippen LogP contribution in [-0.2, 0) is 24.3 Å². The number of ether oxygens (including phenoxy) is 1. The van der Waals surface area contributed by atoms with Crippen molar-refractivity contribution >= 4 is 5.91 Å². The summed E-state index contributed by atoms with van der Waals surface area (Å²) in [5.74, 6) is 1.73. The maximum Gasteiger partial charge on any atom is 0.224 e. The van der Waals surface area contributed by atoms with Crippen LogP contribution < -0.4 is 4.74 Å². The van der Waals surface area contributed by atoms with Gasteiger partial charge >= 0.3 is 0 Å². The van der Waals surface area contributed by atoms with Crippen LogP contribution >= 0.6 is 0 Å². The first-order valence-corrected chi connectivity index (χ1v) is 7.33. The molecular formula is C15H19N5O2. The molecule has 7 heteroatoms. The summed E-state index contributed by atoms with van der Waals surface area (Å²) in [6.07, 6.45) is 1.28. The normalized spacial score (nSPS) is 13.8. The van der Waals surface area contributed by atoms with E-state index in [-0.39, 0.29) is 5.91 Å². The summed E-state index contributed by atoms with van der Waals surface area (Å²) in [6, 6.07) is 6.04. The number of benzene rings is 1. The van der Waals surface area contributed by atoms with Gasteiger partial charge in [0.25, 0.3) is 0 Å². The zero-order valence-corrected chi connectivity index (χ0v) is 12.8. The number of hydrogen-bond donors (Lipinski definition) is 0. The maximum atomic E-state index is 12.4. The van der Waals surface area contributed by atoms with Gasteiger partial charge in [0.2, 0.25) is 5.91 Å². The molecule has 2 aromatic rings. The van der Waals surface area contributed by atoms with Crippen molar-refractivity contribution in [3.05, 3.63) is 35.2 Å². The number of carbonyl (C=O) groups excluding carboxylic acids is 1. The van der Waals surface area contributed by atoms with Gasteiger partial charge < -0.3 is 9.64 Å². The first kappa shape index (κ1) is 14.5. The minimum Gasteiger partial charge on any atom is -0.497 e. The van der Waals surface area contributed by atoms with Gasteiger partial charge in [-0.25, -0.2) is 4.68 Å². The number of rotatable bonds is 4. The van der Waals surface area contributed by atoms with Crippen molar-refractivity contribution in [1.82, 2.24) is 25.1 Å². The Labute approximate surface area is 128 Å². The lowest BCUT2D eigenvalue weighted by molar-refractivity contribution is -0.132. The summed E-state index contributed by atoms with van der Waals surface area (Å²) in [5.41, 5.74) is 2.46. The van der Waals surface area contributed by atoms with E-state index in [2.05, 4.69) is 21.6 Å². The van der Waals surface area contributed by atoms with Crippen LogP contribution in [-0.4, -0.2) is 44.7 Å². The highest BCUT2D eigenvalue weighted by molar-refractivity contribution is 5.76. The van der Waals surface area contributed by atoms with Gasteiger partial charge in [-0.05, 0) is 47.0 Å². The molecule has 116 valence electrons. The van der Waals surface area contributed by atoms with E-state index in [1.165, 1.54) is 11.1 Å². The van der Waals surface area contributed by atoms with Gasteiger partial charge in [0, 0.05) is 19.5 Å². The molecule has 22 heavy (non-hydrogen) atoms. The van der Waals surface area contributed by atoms with Gasteiger partial charge in [0.05, 0.1) is 13.7 Å². The second-order valence-electron chi connectivity index (χ2n) is 5.40. The number of carbonyl (C=O) groups is 1. The number of tetrazole rings is 1. The van der Waals surface area contributed by atoms with Crippen molar-refractivity contribution in [3.63, 3.8) is 0 Å². The van der Waals surface area contributed by atoms with E-state index in [1.54, 1.807) is 11.8 Å². The molecule has 2 heterocycles. The minimum atomic E-state index is 0.136. The fourth-order valence-electron chi connectivity index (χ4n) is 2.68. The molecule has 1 aliphatic rings. The van der Waals surface area contributed by atoms with Gasteiger partial charge in [-0.3, -0.25) is 4.79 Å². The molecule has 1 aliphatic heterocycles. The first-order valence-electron chi connectivity index (χ1n) is 7.33. The number of nitrogens with zero attached hydrogens (tertiary/aromatic N) is 5. The van der Waals surface area contributed by atoms with Crippen molar-refractivity contribution < 1.29 is 9.53 Å². The third-order valence-corrected chi connectivity index (χ3v) is 4.03. The molecule has 0 aliphatic carbocycles.